The van der Waals surface area contributed by atoms with Gasteiger partial charge in [-0.15, -0.1) is 0 Å². The number of fused-ring (bicyclic) bond motifs is 10. The van der Waals surface area contributed by atoms with Crippen LogP contribution in [-0.2, 0) is 5.41 Å². The zero-order valence-electron chi connectivity index (χ0n) is 26.4. The molecule has 0 spiro atoms. The molecule has 0 saturated heterocycles. The van der Waals surface area contributed by atoms with Crippen molar-refractivity contribution in [1.82, 2.24) is 9.13 Å². The molecule has 0 fully saturated rings. The van der Waals surface area contributed by atoms with E-state index in [-0.39, 0.29) is 5.41 Å². The standard InChI is InChI=1S/C45H32N2/c1-45(2)38-19-11-9-18-36(38)43-39(45)25-24-35-34-23-21-30(28-42(34)47(44(35)43)32-15-7-4-8-16-32)29-22-26-41-37(27-29)33-17-10-12-20-40(33)46(41)31-13-5-3-6-14-31/h3-28H,1-2H3. The lowest BCUT2D eigenvalue weighted by atomic mass is 9.82. The Hall–Kier alpha value is -5.86. The molecule has 2 aromatic heterocycles. The van der Waals surface area contributed by atoms with Crippen LogP contribution in [0.4, 0.5) is 0 Å². The Morgan fingerprint density at radius 3 is 1.81 bits per heavy atom. The van der Waals surface area contributed by atoms with Gasteiger partial charge in [0.1, 0.15) is 0 Å². The van der Waals surface area contributed by atoms with Gasteiger partial charge in [0.15, 0.2) is 0 Å². The average molecular weight is 601 g/mol. The van der Waals surface area contributed by atoms with E-state index >= 15 is 0 Å². The van der Waals surface area contributed by atoms with Crippen molar-refractivity contribution in [3.05, 3.63) is 169 Å². The van der Waals surface area contributed by atoms with Gasteiger partial charge in [0.25, 0.3) is 0 Å². The first-order chi connectivity index (χ1) is 23.1. The van der Waals surface area contributed by atoms with Crippen LogP contribution in [-0.4, -0.2) is 9.13 Å². The topological polar surface area (TPSA) is 9.86 Å². The van der Waals surface area contributed by atoms with Gasteiger partial charge >= 0.3 is 0 Å². The molecular formula is C45H32N2. The SMILES string of the molecule is CC1(C)c2ccccc2-c2c1ccc1c3ccc(-c4ccc5c(c4)c4ccccc4n5-c4ccccc4)cc3n(-c3ccccc3)c21. The maximum atomic E-state index is 2.50. The van der Waals surface area contributed by atoms with Gasteiger partial charge in [-0.1, -0.05) is 123 Å². The lowest BCUT2D eigenvalue weighted by Gasteiger charge is -2.21. The predicted molar refractivity (Wildman–Crippen MR) is 198 cm³/mol. The second-order valence-corrected chi connectivity index (χ2v) is 13.4. The largest absolute Gasteiger partial charge is 0.309 e. The molecule has 9 aromatic rings. The van der Waals surface area contributed by atoms with Crippen LogP contribution in [0.2, 0.25) is 0 Å². The van der Waals surface area contributed by atoms with Crippen LogP contribution in [0.3, 0.4) is 0 Å². The number of benzene rings is 7. The first-order valence-electron chi connectivity index (χ1n) is 16.5. The van der Waals surface area contributed by atoms with E-state index in [2.05, 4.69) is 181 Å². The van der Waals surface area contributed by atoms with E-state index in [1.54, 1.807) is 0 Å². The third kappa shape index (κ3) is 3.61. The fraction of sp³-hybridized carbons (Fsp3) is 0.0667. The van der Waals surface area contributed by atoms with Crippen LogP contribution in [0.15, 0.2) is 158 Å². The maximum absolute atomic E-state index is 2.50. The Kier molecular flexibility index (Phi) is 5.37. The summed E-state index contributed by atoms with van der Waals surface area (Å²) in [6.45, 7) is 4.73. The van der Waals surface area contributed by atoms with Gasteiger partial charge in [0.2, 0.25) is 0 Å². The smallest absolute Gasteiger partial charge is 0.0622 e. The molecule has 47 heavy (non-hydrogen) atoms. The molecule has 1 aliphatic rings. The molecule has 1 aliphatic carbocycles. The van der Waals surface area contributed by atoms with Crippen LogP contribution < -0.4 is 0 Å². The molecule has 2 nitrogen and oxygen atoms in total. The molecule has 0 saturated carbocycles. The van der Waals surface area contributed by atoms with Gasteiger partial charge < -0.3 is 9.13 Å². The molecule has 7 aromatic carbocycles. The van der Waals surface area contributed by atoms with Crippen molar-refractivity contribution >= 4 is 43.6 Å². The zero-order valence-corrected chi connectivity index (χ0v) is 26.4. The Labute approximate surface area is 273 Å². The maximum Gasteiger partial charge on any atom is 0.0622 e. The van der Waals surface area contributed by atoms with Crippen LogP contribution in [0.1, 0.15) is 25.0 Å². The summed E-state index contributed by atoms with van der Waals surface area (Å²) in [4.78, 5) is 0. The molecule has 0 radical (unpaired) electrons. The molecule has 10 rings (SSSR count). The molecule has 0 atom stereocenters. The summed E-state index contributed by atoms with van der Waals surface area (Å²) in [5, 5.41) is 5.11. The highest BCUT2D eigenvalue weighted by molar-refractivity contribution is 6.16. The Morgan fingerprint density at radius 2 is 1.00 bits per heavy atom. The summed E-state index contributed by atoms with van der Waals surface area (Å²) >= 11 is 0. The highest BCUT2D eigenvalue weighted by atomic mass is 15.0. The van der Waals surface area contributed by atoms with E-state index in [0.717, 1.165) is 0 Å². The van der Waals surface area contributed by atoms with Crippen LogP contribution in [0.5, 0.6) is 0 Å². The van der Waals surface area contributed by atoms with Crippen molar-refractivity contribution in [1.29, 1.82) is 0 Å². The first-order valence-corrected chi connectivity index (χ1v) is 16.5. The number of rotatable bonds is 3. The highest BCUT2D eigenvalue weighted by Gasteiger charge is 2.37. The summed E-state index contributed by atoms with van der Waals surface area (Å²) in [6, 6.07) is 58.0. The number of para-hydroxylation sites is 3. The van der Waals surface area contributed by atoms with E-state index in [1.807, 2.05) is 0 Å². The monoisotopic (exact) mass is 600 g/mol. The molecule has 2 heteroatoms. The number of nitrogens with zero attached hydrogens (tertiary/aromatic N) is 2. The average Bonchev–Trinajstić information content (AvgIpc) is 3.72. The van der Waals surface area contributed by atoms with E-state index < -0.39 is 0 Å². The molecule has 0 N–H and O–H groups in total. The summed E-state index contributed by atoms with van der Waals surface area (Å²) in [5.41, 5.74) is 15.2. The summed E-state index contributed by atoms with van der Waals surface area (Å²) in [6.07, 6.45) is 0. The predicted octanol–water partition coefficient (Wildman–Crippen LogP) is 11.9. The van der Waals surface area contributed by atoms with Crippen LogP contribution >= 0.6 is 0 Å². The van der Waals surface area contributed by atoms with Gasteiger partial charge in [-0.25, -0.2) is 0 Å². The van der Waals surface area contributed by atoms with Crippen LogP contribution in [0.25, 0.3) is 77.2 Å². The molecular weight excluding hydrogens is 569 g/mol. The summed E-state index contributed by atoms with van der Waals surface area (Å²) in [7, 11) is 0. The normalized spacial score (nSPS) is 13.5. The van der Waals surface area contributed by atoms with Crippen molar-refractivity contribution in [3.8, 4) is 33.6 Å². The number of hydrogen-bond donors (Lipinski definition) is 0. The summed E-state index contributed by atoms with van der Waals surface area (Å²) in [5.74, 6) is 0. The zero-order chi connectivity index (χ0) is 31.3. The summed E-state index contributed by atoms with van der Waals surface area (Å²) < 4.78 is 4.88. The van der Waals surface area contributed by atoms with E-state index in [4.69, 9.17) is 0 Å². The fourth-order valence-corrected chi connectivity index (χ4v) is 8.32. The van der Waals surface area contributed by atoms with Gasteiger partial charge in [-0.2, -0.15) is 0 Å². The second-order valence-electron chi connectivity index (χ2n) is 13.4. The van der Waals surface area contributed by atoms with Crippen molar-refractivity contribution in [2.24, 2.45) is 0 Å². The Morgan fingerprint density at radius 1 is 0.404 bits per heavy atom. The lowest BCUT2D eigenvalue weighted by Crippen LogP contribution is -2.14. The van der Waals surface area contributed by atoms with Crippen molar-refractivity contribution in [3.63, 3.8) is 0 Å². The highest BCUT2D eigenvalue weighted by Crippen LogP contribution is 2.53. The molecule has 222 valence electrons. The molecule has 2 heterocycles. The van der Waals surface area contributed by atoms with Crippen LogP contribution in [0, 0.1) is 0 Å². The minimum Gasteiger partial charge on any atom is -0.309 e. The fourth-order valence-electron chi connectivity index (χ4n) is 8.32. The van der Waals surface area contributed by atoms with E-state index in [0.29, 0.717) is 0 Å². The minimum atomic E-state index is -0.0579. The lowest BCUT2D eigenvalue weighted by molar-refractivity contribution is 0.661. The van der Waals surface area contributed by atoms with Gasteiger partial charge in [-0.05, 0) is 76.3 Å². The van der Waals surface area contributed by atoms with Gasteiger partial charge in [-0.3, -0.25) is 0 Å². The third-order valence-corrected chi connectivity index (χ3v) is 10.5. The van der Waals surface area contributed by atoms with E-state index in [1.165, 1.54) is 88.4 Å². The molecule has 0 amide bonds. The van der Waals surface area contributed by atoms with Crippen molar-refractivity contribution < 1.29 is 0 Å². The molecule has 0 unspecified atom stereocenters. The minimum absolute atomic E-state index is 0.0579. The third-order valence-electron chi connectivity index (χ3n) is 10.5. The Balaban J connectivity index is 1.25. The molecule has 0 bridgehead atoms. The first kappa shape index (κ1) is 26.4. The number of hydrogen-bond acceptors (Lipinski definition) is 0. The van der Waals surface area contributed by atoms with Gasteiger partial charge in [0.05, 0.1) is 22.1 Å². The quantitative estimate of drug-likeness (QED) is 0.191. The second kappa shape index (κ2) is 9.57. The van der Waals surface area contributed by atoms with E-state index in [9.17, 15) is 0 Å². The number of aromatic nitrogens is 2. The van der Waals surface area contributed by atoms with Crippen molar-refractivity contribution in [2.45, 2.75) is 19.3 Å². The van der Waals surface area contributed by atoms with Gasteiger partial charge in [0, 0.05) is 43.9 Å². The molecule has 0 aliphatic heterocycles. The Bertz CT molecular complexity index is 2690. The van der Waals surface area contributed by atoms with Crippen molar-refractivity contribution in [2.75, 3.05) is 0 Å².